The van der Waals surface area contributed by atoms with Gasteiger partial charge in [0.2, 0.25) is 0 Å². The molecule has 0 saturated carbocycles. The number of hydrogen-bond acceptors (Lipinski definition) is 1. The Bertz CT molecular complexity index is 191. The highest BCUT2D eigenvalue weighted by molar-refractivity contribution is 7.24. The molecule has 0 amide bonds. The summed E-state index contributed by atoms with van der Waals surface area (Å²) in [7, 11) is 0.350. The molecule has 0 bridgehead atoms. The van der Waals surface area contributed by atoms with Crippen LogP contribution in [0.4, 0.5) is 0 Å². The predicted octanol–water partition coefficient (Wildman–Crippen LogP) is 5.69. The van der Waals surface area contributed by atoms with Gasteiger partial charge >= 0.3 is 0 Å². The summed E-state index contributed by atoms with van der Waals surface area (Å²) >= 11 is 0. The van der Waals surface area contributed by atoms with Gasteiger partial charge in [-0.3, -0.25) is 4.57 Å². The van der Waals surface area contributed by atoms with Crippen molar-refractivity contribution in [2.75, 3.05) is 0 Å². The maximum Gasteiger partial charge on any atom is 0.159 e. The molecule has 2 atom stereocenters. The molecule has 0 heterocycles. The fourth-order valence-electron chi connectivity index (χ4n) is 2.30. The van der Waals surface area contributed by atoms with Crippen molar-refractivity contribution in [3.8, 4) is 0 Å². The van der Waals surface area contributed by atoms with Crippen LogP contribution in [-0.4, -0.2) is 5.66 Å². The Morgan fingerprint density at radius 2 is 1.75 bits per heavy atom. The van der Waals surface area contributed by atoms with Crippen molar-refractivity contribution in [3.05, 3.63) is 0 Å². The summed E-state index contributed by atoms with van der Waals surface area (Å²) in [6, 6.07) is 0. The number of unbranched alkanes of at least 4 members (excludes halogenated alkanes) is 3. The molecule has 0 aromatic rings. The third kappa shape index (κ3) is 4.53. The van der Waals surface area contributed by atoms with Crippen molar-refractivity contribution in [1.82, 2.24) is 0 Å². The van der Waals surface area contributed by atoms with Crippen LogP contribution in [0.3, 0.4) is 0 Å². The normalized spacial score (nSPS) is 17.6. The molecule has 0 aliphatic rings. The van der Waals surface area contributed by atoms with Crippen LogP contribution in [0.1, 0.15) is 73.1 Å². The van der Waals surface area contributed by atoms with Crippen LogP contribution < -0.4 is 0 Å². The zero-order chi connectivity index (χ0) is 12.6. The van der Waals surface area contributed by atoms with E-state index in [0.717, 1.165) is 12.8 Å². The Kier molecular flexibility index (Phi) is 8.28. The Labute approximate surface area is 104 Å². The highest BCUT2D eigenvalue weighted by Gasteiger charge is 2.35. The summed E-state index contributed by atoms with van der Waals surface area (Å²) in [5, 5.41) is 0. The molecular formula is C14H29OP. The van der Waals surface area contributed by atoms with Crippen LogP contribution in [0.2, 0.25) is 0 Å². The monoisotopic (exact) mass is 244 g/mol. The Hall–Kier alpha value is 0.100. The van der Waals surface area contributed by atoms with Crippen LogP contribution in [0.5, 0.6) is 0 Å². The molecule has 0 aliphatic heterocycles. The van der Waals surface area contributed by atoms with Crippen molar-refractivity contribution >= 4 is 8.46 Å². The first-order valence-corrected chi connectivity index (χ1v) is 7.73. The van der Waals surface area contributed by atoms with E-state index in [1.54, 1.807) is 0 Å². The molecule has 0 radical (unpaired) electrons. The van der Waals surface area contributed by atoms with Crippen LogP contribution in [0.15, 0.2) is 0 Å². The topological polar surface area (TPSA) is 17.1 Å². The molecule has 0 aromatic heterocycles. The molecule has 0 aromatic carbocycles. The lowest BCUT2D eigenvalue weighted by Gasteiger charge is -2.37. The van der Waals surface area contributed by atoms with E-state index in [-0.39, 0.29) is 5.41 Å². The van der Waals surface area contributed by atoms with Crippen molar-refractivity contribution in [3.63, 3.8) is 0 Å². The lowest BCUT2D eigenvalue weighted by molar-refractivity contribution is 0.190. The molecule has 0 aliphatic carbocycles. The maximum absolute atomic E-state index is 11.4. The quantitative estimate of drug-likeness (QED) is 0.376. The Morgan fingerprint density at radius 3 is 2.12 bits per heavy atom. The van der Waals surface area contributed by atoms with Crippen molar-refractivity contribution in [2.24, 2.45) is 11.3 Å². The molecule has 0 rings (SSSR count). The first-order valence-electron chi connectivity index (χ1n) is 6.85. The van der Waals surface area contributed by atoms with E-state index in [0.29, 0.717) is 20.0 Å². The largest absolute Gasteiger partial charge is 0.275 e. The van der Waals surface area contributed by atoms with Gasteiger partial charge in [-0.2, -0.15) is 0 Å². The lowest BCUT2D eigenvalue weighted by Crippen LogP contribution is -2.33. The summed E-state index contributed by atoms with van der Waals surface area (Å²) in [5.41, 5.74) is 0.574. The van der Waals surface area contributed by atoms with Gasteiger partial charge in [-0.05, 0) is 24.2 Å². The van der Waals surface area contributed by atoms with Gasteiger partial charge in [-0.15, -0.1) is 0 Å². The molecule has 0 N–H and O–H groups in total. The average molecular weight is 244 g/mol. The fourth-order valence-corrected chi connectivity index (χ4v) is 3.31. The smallest absolute Gasteiger partial charge is 0.159 e. The standard InChI is InChI=1S/C14H29OP/c1-6-8-9-10-11-13(16-15)14(5,7-2)12(3)4/h12-13H,6-11H2,1-5H3. The molecule has 0 fully saturated rings. The highest BCUT2D eigenvalue weighted by atomic mass is 31.1. The predicted molar refractivity (Wildman–Crippen MR) is 73.4 cm³/mol. The number of hydrogen-bond donors (Lipinski definition) is 0. The first-order chi connectivity index (χ1) is 7.52. The fraction of sp³-hybridized carbons (Fsp3) is 1.00. The molecule has 2 unspecified atom stereocenters. The van der Waals surface area contributed by atoms with Gasteiger partial charge in [-0.1, -0.05) is 60.3 Å². The van der Waals surface area contributed by atoms with Crippen molar-refractivity contribution in [2.45, 2.75) is 78.8 Å². The number of rotatable bonds is 9. The van der Waals surface area contributed by atoms with Crippen LogP contribution in [-0.2, 0) is 4.57 Å². The molecule has 16 heavy (non-hydrogen) atoms. The third-order valence-electron chi connectivity index (χ3n) is 4.30. The zero-order valence-electron chi connectivity index (χ0n) is 11.8. The molecular weight excluding hydrogens is 215 g/mol. The first kappa shape index (κ1) is 16.1. The third-order valence-corrected chi connectivity index (χ3v) is 5.40. The van der Waals surface area contributed by atoms with Crippen LogP contribution in [0.25, 0.3) is 0 Å². The molecule has 96 valence electrons. The Morgan fingerprint density at radius 1 is 1.12 bits per heavy atom. The van der Waals surface area contributed by atoms with E-state index < -0.39 is 0 Å². The van der Waals surface area contributed by atoms with E-state index in [1.807, 2.05) is 0 Å². The van der Waals surface area contributed by atoms with Gasteiger partial charge in [-0.25, -0.2) is 0 Å². The van der Waals surface area contributed by atoms with E-state index >= 15 is 0 Å². The molecule has 2 heteroatoms. The van der Waals surface area contributed by atoms with E-state index in [9.17, 15) is 4.57 Å². The van der Waals surface area contributed by atoms with Crippen LogP contribution >= 0.6 is 8.46 Å². The van der Waals surface area contributed by atoms with Gasteiger partial charge in [0, 0.05) is 5.66 Å². The van der Waals surface area contributed by atoms with E-state index in [4.69, 9.17) is 0 Å². The second-order valence-electron chi connectivity index (χ2n) is 5.48. The van der Waals surface area contributed by atoms with E-state index in [2.05, 4.69) is 34.6 Å². The van der Waals surface area contributed by atoms with Gasteiger partial charge in [0.1, 0.15) is 0 Å². The second-order valence-corrected chi connectivity index (χ2v) is 6.32. The molecule has 0 spiro atoms. The van der Waals surface area contributed by atoms with E-state index in [1.165, 1.54) is 25.7 Å². The van der Waals surface area contributed by atoms with Crippen molar-refractivity contribution < 1.29 is 4.57 Å². The van der Waals surface area contributed by atoms with Gasteiger partial charge in [0.25, 0.3) is 0 Å². The minimum Gasteiger partial charge on any atom is -0.275 e. The SMILES string of the molecule is CCCCCCC(P=O)C(C)(CC)C(C)C. The van der Waals surface area contributed by atoms with Gasteiger partial charge < -0.3 is 0 Å². The average Bonchev–Trinajstić information content (AvgIpc) is 2.28. The van der Waals surface area contributed by atoms with Crippen molar-refractivity contribution in [1.29, 1.82) is 0 Å². The summed E-state index contributed by atoms with van der Waals surface area (Å²) in [6.07, 6.45) is 7.35. The van der Waals surface area contributed by atoms with Gasteiger partial charge in [0.15, 0.2) is 8.46 Å². The van der Waals surface area contributed by atoms with Crippen LogP contribution in [0, 0.1) is 11.3 Å². The molecule has 1 nitrogen and oxygen atoms in total. The Balaban J connectivity index is 4.28. The minimum absolute atomic E-state index is 0.232. The summed E-state index contributed by atoms with van der Waals surface area (Å²) in [6.45, 7) is 11.3. The second kappa shape index (κ2) is 8.23. The summed E-state index contributed by atoms with van der Waals surface area (Å²) in [5.74, 6) is 0.607. The zero-order valence-corrected chi connectivity index (χ0v) is 12.6. The van der Waals surface area contributed by atoms with Gasteiger partial charge in [0.05, 0.1) is 0 Å². The maximum atomic E-state index is 11.4. The summed E-state index contributed by atoms with van der Waals surface area (Å²) in [4.78, 5) is 0. The summed E-state index contributed by atoms with van der Waals surface area (Å²) < 4.78 is 11.4. The lowest BCUT2D eigenvalue weighted by atomic mass is 9.72. The highest BCUT2D eigenvalue weighted by Crippen LogP contribution is 2.42. The minimum atomic E-state index is 0.232. The molecule has 0 saturated heterocycles.